The van der Waals surface area contributed by atoms with E-state index in [1.165, 1.54) is 0 Å². The van der Waals surface area contributed by atoms with E-state index < -0.39 is 0 Å². The molecule has 0 fully saturated rings. The first-order valence-corrected chi connectivity index (χ1v) is 7.88. The summed E-state index contributed by atoms with van der Waals surface area (Å²) in [5.74, 6) is 1.22. The summed E-state index contributed by atoms with van der Waals surface area (Å²) in [5.41, 5.74) is 9.54. The van der Waals surface area contributed by atoms with Crippen LogP contribution in [0.2, 0.25) is 0 Å². The molecule has 2 N–H and O–H groups in total. The Bertz CT molecular complexity index is 749. The van der Waals surface area contributed by atoms with Gasteiger partial charge in [-0.05, 0) is 29.7 Å². The van der Waals surface area contributed by atoms with Crippen molar-refractivity contribution in [1.29, 1.82) is 5.26 Å². The van der Waals surface area contributed by atoms with E-state index in [9.17, 15) is 5.26 Å². The maximum Gasteiger partial charge on any atom is 0.145 e. The fourth-order valence-electron chi connectivity index (χ4n) is 2.95. The first-order valence-electron chi connectivity index (χ1n) is 7.88. The Kier molecular flexibility index (Phi) is 4.12. The Balaban J connectivity index is 1.99. The molecule has 0 spiro atoms. The predicted octanol–water partition coefficient (Wildman–Crippen LogP) is 3.56. The molecule has 0 aromatic heterocycles. The van der Waals surface area contributed by atoms with E-state index in [4.69, 9.17) is 10.5 Å². The zero-order chi connectivity index (χ0) is 16.4. The lowest BCUT2D eigenvalue weighted by atomic mass is 10.0. The van der Waals surface area contributed by atoms with Crippen molar-refractivity contribution in [3.8, 4) is 11.8 Å². The molecule has 0 aliphatic carbocycles. The van der Waals surface area contributed by atoms with Crippen LogP contribution in [0, 0.1) is 17.2 Å². The lowest BCUT2D eigenvalue weighted by Crippen LogP contribution is -2.42. The minimum absolute atomic E-state index is 0.110. The second-order valence-corrected chi connectivity index (χ2v) is 6.24. The quantitative estimate of drug-likeness (QED) is 0.881. The number of nitrogens with two attached hydrogens (primary N) is 1. The van der Waals surface area contributed by atoms with Crippen molar-refractivity contribution in [3.05, 3.63) is 53.6 Å². The van der Waals surface area contributed by atoms with E-state index in [1.807, 2.05) is 42.5 Å². The molecule has 0 amide bonds. The van der Waals surface area contributed by atoms with Crippen molar-refractivity contribution in [3.63, 3.8) is 0 Å². The average Bonchev–Trinajstić information content (AvgIpc) is 2.55. The van der Waals surface area contributed by atoms with Gasteiger partial charge in [-0.25, -0.2) is 0 Å². The highest BCUT2D eigenvalue weighted by Crippen LogP contribution is 2.40. The normalized spacial score (nSPS) is 16.6. The molecule has 2 aromatic carbocycles. The minimum Gasteiger partial charge on any atom is -0.486 e. The minimum atomic E-state index is 0.110. The van der Waals surface area contributed by atoms with Crippen LogP contribution >= 0.6 is 0 Å². The van der Waals surface area contributed by atoms with Crippen LogP contribution in [0.25, 0.3) is 0 Å². The van der Waals surface area contributed by atoms with Gasteiger partial charge < -0.3 is 15.4 Å². The van der Waals surface area contributed by atoms with Crippen molar-refractivity contribution >= 4 is 11.4 Å². The van der Waals surface area contributed by atoms with E-state index in [2.05, 4.69) is 24.8 Å². The molecule has 1 heterocycles. The molecule has 0 radical (unpaired) electrons. The third-order valence-electron chi connectivity index (χ3n) is 4.27. The molecule has 1 atom stereocenters. The smallest absolute Gasteiger partial charge is 0.145 e. The predicted molar refractivity (Wildman–Crippen MR) is 92.3 cm³/mol. The molecule has 118 valence electrons. The van der Waals surface area contributed by atoms with Crippen molar-refractivity contribution in [1.82, 2.24) is 0 Å². The molecule has 23 heavy (non-hydrogen) atoms. The van der Waals surface area contributed by atoms with Crippen LogP contribution in [0.15, 0.2) is 42.5 Å². The number of nitrogens with zero attached hydrogens (tertiary/aromatic N) is 2. The zero-order valence-corrected chi connectivity index (χ0v) is 13.5. The number of para-hydroxylation sites is 1. The summed E-state index contributed by atoms with van der Waals surface area (Å²) in [6.45, 7) is 5.73. The van der Waals surface area contributed by atoms with Gasteiger partial charge in [-0.3, -0.25) is 0 Å². The number of rotatable bonds is 3. The fourth-order valence-corrected chi connectivity index (χ4v) is 2.95. The summed E-state index contributed by atoms with van der Waals surface area (Å²) in [6, 6.07) is 15.7. The first kappa shape index (κ1) is 15.2. The number of anilines is 2. The Labute approximate surface area is 137 Å². The number of fused-ring (bicyclic) bond motifs is 1. The van der Waals surface area contributed by atoms with E-state index in [0.717, 1.165) is 23.5 Å². The Morgan fingerprint density at radius 1 is 1.26 bits per heavy atom. The number of hydrogen-bond acceptors (Lipinski definition) is 4. The van der Waals surface area contributed by atoms with Crippen molar-refractivity contribution < 1.29 is 4.74 Å². The summed E-state index contributed by atoms with van der Waals surface area (Å²) in [7, 11) is 0. The molecular formula is C19H21N3O. The van der Waals surface area contributed by atoms with Gasteiger partial charge in [-0.1, -0.05) is 38.1 Å². The van der Waals surface area contributed by atoms with Crippen LogP contribution in [0.1, 0.15) is 25.0 Å². The highest BCUT2D eigenvalue weighted by atomic mass is 16.5. The molecule has 4 heteroatoms. The summed E-state index contributed by atoms with van der Waals surface area (Å²) in [4.78, 5) is 2.23. The topological polar surface area (TPSA) is 62.3 Å². The van der Waals surface area contributed by atoms with Crippen molar-refractivity contribution in [2.24, 2.45) is 5.92 Å². The average molecular weight is 307 g/mol. The van der Waals surface area contributed by atoms with E-state index in [0.29, 0.717) is 23.7 Å². The van der Waals surface area contributed by atoms with Gasteiger partial charge in [0.1, 0.15) is 17.5 Å². The largest absolute Gasteiger partial charge is 0.486 e. The van der Waals surface area contributed by atoms with Gasteiger partial charge in [-0.15, -0.1) is 0 Å². The van der Waals surface area contributed by atoms with Gasteiger partial charge in [0.15, 0.2) is 0 Å². The van der Waals surface area contributed by atoms with E-state index in [1.54, 1.807) is 0 Å². The third kappa shape index (κ3) is 2.95. The van der Waals surface area contributed by atoms with Crippen LogP contribution in [0.3, 0.4) is 0 Å². The third-order valence-corrected chi connectivity index (χ3v) is 4.27. The van der Waals surface area contributed by atoms with Gasteiger partial charge >= 0.3 is 0 Å². The highest BCUT2D eigenvalue weighted by molar-refractivity contribution is 5.76. The van der Waals surface area contributed by atoms with Gasteiger partial charge in [0, 0.05) is 6.54 Å². The lowest BCUT2D eigenvalue weighted by molar-refractivity contribution is 0.145. The summed E-state index contributed by atoms with van der Waals surface area (Å²) in [5, 5.41) is 9.32. The first-order chi connectivity index (χ1) is 11.1. The van der Waals surface area contributed by atoms with E-state index in [-0.39, 0.29) is 6.10 Å². The van der Waals surface area contributed by atoms with Crippen LogP contribution in [-0.2, 0) is 6.54 Å². The van der Waals surface area contributed by atoms with Crippen LogP contribution in [0.4, 0.5) is 11.4 Å². The number of ether oxygens (including phenoxy) is 1. The molecule has 1 aliphatic heterocycles. The molecule has 1 aliphatic rings. The number of hydrogen-bond donors (Lipinski definition) is 1. The lowest BCUT2D eigenvalue weighted by Gasteiger charge is -2.38. The van der Waals surface area contributed by atoms with Gasteiger partial charge in [0.2, 0.25) is 0 Å². The molecule has 3 rings (SSSR count). The summed E-state index contributed by atoms with van der Waals surface area (Å²) < 4.78 is 6.11. The van der Waals surface area contributed by atoms with Gasteiger partial charge in [0.25, 0.3) is 0 Å². The van der Waals surface area contributed by atoms with Gasteiger partial charge in [0.05, 0.1) is 23.9 Å². The SMILES string of the molecule is CC(C)C1CN(Cc2ccccc2C#N)c2c(N)cccc2O1. The maximum absolute atomic E-state index is 9.32. The monoisotopic (exact) mass is 307 g/mol. The summed E-state index contributed by atoms with van der Waals surface area (Å²) in [6.07, 6.45) is 0.110. The molecule has 4 nitrogen and oxygen atoms in total. The molecular weight excluding hydrogens is 286 g/mol. The number of nitriles is 1. The molecule has 0 saturated carbocycles. The second-order valence-electron chi connectivity index (χ2n) is 6.24. The molecule has 0 bridgehead atoms. The number of benzene rings is 2. The maximum atomic E-state index is 9.32. The highest BCUT2D eigenvalue weighted by Gasteiger charge is 2.29. The van der Waals surface area contributed by atoms with Gasteiger partial charge in [-0.2, -0.15) is 5.26 Å². The standard InChI is InChI=1S/C19H21N3O/c1-13(2)18-12-22(11-15-7-4-3-6-14(15)10-20)19-16(21)8-5-9-17(19)23-18/h3-9,13,18H,11-12,21H2,1-2H3. The second kappa shape index (κ2) is 6.21. The fraction of sp³-hybridized carbons (Fsp3) is 0.316. The van der Waals surface area contributed by atoms with E-state index >= 15 is 0 Å². The van der Waals surface area contributed by atoms with Crippen molar-refractivity contribution in [2.75, 3.05) is 17.2 Å². The Morgan fingerprint density at radius 2 is 2.04 bits per heavy atom. The molecule has 0 saturated heterocycles. The number of nitrogen functional groups attached to an aromatic ring is 1. The van der Waals surface area contributed by atoms with Crippen LogP contribution < -0.4 is 15.4 Å². The Morgan fingerprint density at radius 3 is 2.78 bits per heavy atom. The molecule has 2 aromatic rings. The van der Waals surface area contributed by atoms with Crippen molar-refractivity contribution in [2.45, 2.75) is 26.5 Å². The summed E-state index contributed by atoms with van der Waals surface area (Å²) >= 11 is 0. The Hall–Kier alpha value is -2.67. The zero-order valence-electron chi connectivity index (χ0n) is 13.5. The molecule has 1 unspecified atom stereocenters. The van der Waals surface area contributed by atoms with Crippen LogP contribution in [0.5, 0.6) is 5.75 Å². The van der Waals surface area contributed by atoms with Crippen LogP contribution in [-0.4, -0.2) is 12.6 Å².